The van der Waals surface area contributed by atoms with Crippen LogP contribution >= 0.6 is 29.4 Å². The van der Waals surface area contributed by atoms with Crippen molar-refractivity contribution in [2.24, 2.45) is 0 Å². The summed E-state index contributed by atoms with van der Waals surface area (Å²) in [5, 5.41) is 9.73. The van der Waals surface area contributed by atoms with Gasteiger partial charge in [0.15, 0.2) is 0 Å². The van der Waals surface area contributed by atoms with Crippen LogP contribution in [0.25, 0.3) is 0 Å². The normalized spacial score (nSPS) is 11.5. The van der Waals surface area contributed by atoms with E-state index in [1.54, 1.807) is 12.1 Å². The molecule has 5 heteroatoms. The third-order valence-electron chi connectivity index (χ3n) is 4.08. The maximum absolute atomic E-state index is 11.5. The molecule has 0 aliphatic carbocycles. The number of aliphatic hydroxyl groups excluding tert-OH is 1. The highest BCUT2D eigenvalue weighted by molar-refractivity contribution is 9.10. The van der Waals surface area contributed by atoms with Gasteiger partial charge in [-0.3, -0.25) is 0 Å². The molecule has 130 valence electrons. The lowest BCUT2D eigenvalue weighted by Crippen LogP contribution is -2.08. The summed E-state index contributed by atoms with van der Waals surface area (Å²) >= 11 is 3.52. The van der Waals surface area contributed by atoms with E-state index < -0.39 is 0 Å². The number of esters is 1. The average molecular weight is 411 g/mol. The summed E-state index contributed by atoms with van der Waals surface area (Å²) in [4.78, 5) is 11.5. The van der Waals surface area contributed by atoms with E-state index in [0.29, 0.717) is 5.56 Å². The van der Waals surface area contributed by atoms with Gasteiger partial charge in [-0.15, -0.1) is 0 Å². The molecule has 0 bridgehead atoms. The second kappa shape index (κ2) is 9.87. The minimum atomic E-state index is -0.342. The van der Waals surface area contributed by atoms with Crippen molar-refractivity contribution in [2.75, 3.05) is 13.7 Å². The lowest BCUT2D eigenvalue weighted by molar-refractivity contribution is 0.0600. The highest BCUT2D eigenvalue weighted by Gasteiger charge is 2.14. The van der Waals surface area contributed by atoms with Gasteiger partial charge in [0.2, 0.25) is 0 Å². The van der Waals surface area contributed by atoms with Crippen molar-refractivity contribution < 1.29 is 14.6 Å². The molecule has 0 heterocycles. The Morgan fingerprint density at radius 3 is 2.54 bits per heavy atom. The van der Waals surface area contributed by atoms with E-state index >= 15 is 0 Å². The molecule has 0 unspecified atom stereocenters. The standard InChI is InChI=1S/C19H21BrO3.H2S/c1-13-5-3-4-6-17(13)16(12-21)10-8-14-7-9-15(11-18(14)20)19(22)23-2;/h3-7,9,11,16,21H,8,10,12H2,1-2H3;1H2/t16-;/m1./s1. The molecule has 0 aromatic heterocycles. The van der Waals surface area contributed by atoms with E-state index in [9.17, 15) is 9.90 Å². The number of ether oxygens (including phenoxy) is 1. The monoisotopic (exact) mass is 410 g/mol. The second-order valence-electron chi connectivity index (χ2n) is 5.57. The molecule has 1 N–H and O–H groups in total. The Balaban J connectivity index is 0.00000288. The maximum atomic E-state index is 11.5. The van der Waals surface area contributed by atoms with Gasteiger partial charge in [-0.05, 0) is 48.6 Å². The van der Waals surface area contributed by atoms with Crippen LogP contribution in [-0.4, -0.2) is 24.8 Å². The lowest BCUT2D eigenvalue weighted by Gasteiger charge is -2.17. The number of rotatable bonds is 6. The molecule has 0 amide bonds. The van der Waals surface area contributed by atoms with Crippen molar-refractivity contribution in [1.29, 1.82) is 0 Å². The van der Waals surface area contributed by atoms with Crippen LogP contribution in [0.5, 0.6) is 0 Å². The van der Waals surface area contributed by atoms with Crippen LogP contribution in [0.2, 0.25) is 0 Å². The Kier molecular flexibility index (Phi) is 8.53. The smallest absolute Gasteiger partial charge is 0.337 e. The first-order chi connectivity index (χ1) is 11.1. The van der Waals surface area contributed by atoms with E-state index in [1.165, 1.54) is 18.2 Å². The molecule has 0 radical (unpaired) electrons. The van der Waals surface area contributed by atoms with Crippen molar-refractivity contribution in [3.8, 4) is 0 Å². The zero-order valence-corrected chi connectivity index (χ0v) is 16.5. The van der Waals surface area contributed by atoms with Crippen molar-refractivity contribution >= 4 is 35.4 Å². The van der Waals surface area contributed by atoms with Crippen LogP contribution in [0.1, 0.15) is 39.4 Å². The van der Waals surface area contributed by atoms with Gasteiger partial charge in [0.05, 0.1) is 12.7 Å². The lowest BCUT2D eigenvalue weighted by atomic mass is 9.90. The number of hydrogen-bond donors (Lipinski definition) is 1. The zero-order chi connectivity index (χ0) is 16.8. The van der Waals surface area contributed by atoms with Crippen molar-refractivity contribution in [3.05, 3.63) is 69.2 Å². The Morgan fingerprint density at radius 1 is 1.25 bits per heavy atom. The molecule has 2 aromatic rings. The highest BCUT2D eigenvalue weighted by Crippen LogP contribution is 2.27. The Bertz CT molecular complexity index is 688. The average Bonchev–Trinajstić information content (AvgIpc) is 2.57. The fourth-order valence-corrected chi connectivity index (χ4v) is 3.29. The van der Waals surface area contributed by atoms with E-state index in [0.717, 1.165) is 22.9 Å². The van der Waals surface area contributed by atoms with Gasteiger partial charge >= 0.3 is 5.97 Å². The van der Waals surface area contributed by atoms with E-state index in [-0.39, 0.29) is 32.0 Å². The molecular formula is C19H23BrO3S. The van der Waals surface area contributed by atoms with Crippen molar-refractivity contribution in [1.82, 2.24) is 0 Å². The molecule has 0 aliphatic heterocycles. The SMILES string of the molecule is COC(=O)c1ccc(CC[C@H](CO)c2ccccc2C)c(Br)c1.S. The molecule has 24 heavy (non-hydrogen) atoms. The number of aryl methyl sites for hydroxylation is 2. The van der Waals surface area contributed by atoms with Gasteiger partial charge in [-0.1, -0.05) is 46.3 Å². The van der Waals surface area contributed by atoms with E-state index in [1.807, 2.05) is 18.2 Å². The Morgan fingerprint density at radius 2 is 1.96 bits per heavy atom. The van der Waals surface area contributed by atoms with Crippen LogP contribution in [0.3, 0.4) is 0 Å². The maximum Gasteiger partial charge on any atom is 0.337 e. The van der Waals surface area contributed by atoms with Crippen molar-refractivity contribution in [3.63, 3.8) is 0 Å². The largest absolute Gasteiger partial charge is 0.465 e. The first kappa shape index (κ1) is 20.7. The summed E-state index contributed by atoms with van der Waals surface area (Å²) in [6, 6.07) is 13.6. The van der Waals surface area contributed by atoms with Crippen LogP contribution in [0.15, 0.2) is 46.9 Å². The molecule has 0 saturated carbocycles. The fraction of sp³-hybridized carbons (Fsp3) is 0.316. The summed E-state index contributed by atoms with van der Waals surface area (Å²) < 4.78 is 5.62. The molecular weight excluding hydrogens is 388 g/mol. The summed E-state index contributed by atoms with van der Waals surface area (Å²) in [7, 11) is 1.37. The van der Waals surface area contributed by atoms with Gasteiger partial charge in [-0.2, -0.15) is 13.5 Å². The summed E-state index contributed by atoms with van der Waals surface area (Å²) in [6.45, 7) is 2.20. The molecule has 0 saturated heterocycles. The Labute approximate surface area is 158 Å². The fourth-order valence-electron chi connectivity index (χ4n) is 2.71. The van der Waals surface area contributed by atoms with Crippen molar-refractivity contribution in [2.45, 2.75) is 25.7 Å². The number of carbonyl (C=O) groups is 1. The highest BCUT2D eigenvalue weighted by atomic mass is 79.9. The van der Waals surface area contributed by atoms with Crippen LogP contribution in [0.4, 0.5) is 0 Å². The minimum absolute atomic E-state index is 0. The molecule has 3 nitrogen and oxygen atoms in total. The number of benzene rings is 2. The summed E-state index contributed by atoms with van der Waals surface area (Å²) in [5.74, 6) is -0.228. The van der Waals surface area contributed by atoms with Gasteiger partial charge in [0, 0.05) is 17.0 Å². The van der Waals surface area contributed by atoms with Crippen LogP contribution < -0.4 is 0 Å². The minimum Gasteiger partial charge on any atom is -0.465 e. The summed E-state index contributed by atoms with van der Waals surface area (Å²) in [5.41, 5.74) is 4.04. The third-order valence-corrected chi connectivity index (χ3v) is 4.82. The molecule has 1 atom stereocenters. The van der Waals surface area contributed by atoms with Crippen LogP contribution in [-0.2, 0) is 11.2 Å². The summed E-state index contributed by atoms with van der Waals surface area (Å²) in [6.07, 6.45) is 1.67. The second-order valence-corrected chi connectivity index (χ2v) is 6.43. The molecule has 0 fully saturated rings. The zero-order valence-electron chi connectivity index (χ0n) is 13.9. The first-order valence-corrected chi connectivity index (χ1v) is 8.39. The van der Waals surface area contributed by atoms with Gasteiger partial charge in [0.1, 0.15) is 0 Å². The number of aliphatic hydroxyl groups is 1. The van der Waals surface area contributed by atoms with Gasteiger partial charge < -0.3 is 9.84 Å². The predicted molar refractivity (Wildman–Crippen MR) is 105 cm³/mol. The molecule has 2 rings (SSSR count). The molecule has 0 spiro atoms. The van der Waals surface area contributed by atoms with Gasteiger partial charge in [-0.25, -0.2) is 4.79 Å². The predicted octanol–water partition coefficient (Wildman–Crippen LogP) is 4.37. The molecule has 0 aliphatic rings. The third kappa shape index (κ3) is 5.10. The number of carbonyl (C=O) groups excluding carboxylic acids is 1. The van der Waals surface area contributed by atoms with E-state index in [4.69, 9.17) is 4.74 Å². The quantitative estimate of drug-likeness (QED) is 0.719. The number of halogens is 1. The number of methoxy groups -OCH3 is 1. The van der Waals surface area contributed by atoms with Gasteiger partial charge in [0.25, 0.3) is 0 Å². The Hall–Kier alpha value is -1.30. The topological polar surface area (TPSA) is 46.5 Å². The number of hydrogen-bond acceptors (Lipinski definition) is 3. The first-order valence-electron chi connectivity index (χ1n) is 7.60. The molecule has 2 aromatic carbocycles. The van der Waals surface area contributed by atoms with Crippen LogP contribution in [0, 0.1) is 6.92 Å². The van der Waals surface area contributed by atoms with E-state index in [2.05, 4.69) is 35.0 Å².